The minimum Gasteiger partial charge on any atom is -0.493 e. The minimum absolute atomic E-state index is 0.133. The number of unbranched alkanes of at least 4 members (excludes halogenated alkanes) is 2. The van der Waals surface area contributed by atoms with Crippen LogP contribution in [0.1, 0.15) is 68.8 Å². The Morgan fingerprint density at radius 1 is 0.868 bits per heavy atom. The molecular weight excluding hydrogens is 470 g/mol. The lowest BCUT2D eigenvalue weighted by atomic mass is 10.0. The lowest BCUT2D eigenvalue weighted by molar-refractivity contribution is -0.121. The average Bonchev–Trinajstić information content (AvgIpc) is 3.29. The van der Waals surface area contributed by atoms with Gasteiger partial charge in [0, 0.05) is 25.9 Å². The van der Waals surface area contributed by atoms with Crippen LogP contribution in [0.4, 0.5) is 0 Å². The topological polar surface area (TPSA) is 56.1 Å². The van der Waals surface area contributed by atoms with Gasteiger partial charge in [0.25, 0.3) is 0 Å². The van der Waals surface area contributed by atoms with Crippen molar-refractivity contribution in [2.24, 2.45) is 0 Å². The first-order valence-corrected chi connectivity index (χ1v) is 14.1. The molecular formula is C33H41N3O2. The maximum absolute atomic E-state index is 12.1. The SMILES string of the molecule is CC(C)c1ccccc1OCCCn1c(CCCCCNC(=O)CCc2ccccc2)nc2ccccc21. The summed E-state index contributed by atoms with van der Waals surface area (Å²) >= 11 is 0. The molecule has 0 spiro atoms. The number of imidazole rings is 1. The molecule has 5 nitrogen and oxygen atoms in total. The van der Waals surface area contributed by atoms with Crippen LogP contribution in [0.25, 0.3) is 11.0 Å². The van der Waals surface area contributed by atoms with Gasteiger partial charge in [0.2, 0.25) is 5.91 Å². The number of nitrogens with zero attached hydrogens (tertiary/aromatic N) is 2. The molecule has 0 aliphatic carbocycles. The summed E-state index contributed by atoms with van der Waals surface area (Å²) in [6.07, 6.45) is 6.31. The monoisotopic (exact) mass is 511 g/mol. The van der Waals surface area contributed by atoms with E-state index in [4.69, 9.17) is 9.72 Å². The molecule has 0 bridgehead atoms. The summed E-state index contributed by atoms with van der Waals surface area (Å²) in [5.74, 6) is 2.71. The van der Waals surface area contributed by atoms with Crippen LogP contribution in [0.15, 0.2) is 78.9 Å². The Bertz CT molecular complexity index is 1280. The summed E-state index contributed by atoms with van der Waals surface area (Å²) in [4.78, 5) is 17.1. The quantitative estimate of drug-likeness (QED) is 0.173. The fourth-order valence-corrected chi connectivity index (χ4v) is 4.86. The van der Waals surface area contributed by atoms with Crippen molar-refractivity contribution in [2.45, 2.75) is 71.3 Å². The van der Waals surface area contributed by atoms with Gasteiger partial charge in [0.15, 0.2) is 0 Å². The highest BCUT2D eigenvalue weighted by Gasteiger charge is 2.11. The highest BCUT2D eigenvalue weighted by Crippen LogP contribution is 2.26. The van der Waals surface area contributed by atoms with Crippen LogP contribution in [0.5, 0.6) is 5.75 Å². The minimum atomic E-state index is 0.133. The standard InChI is InChI=1S/C33H41N3O2/c1-26(2)28-16-8-11-19-31(28)38-25-13-24-36-30-18-10-9-17-29(30)35-32(36)20-7-4-12-23-34-33(37)22-21-27-14-5-3-6-15-27/h3,5-6,8-11,14-19,26H,4,7,12-13,20-25H2,1-2H3,(H,34,37). The molecule has 0 unspecified atom stereocenters. The van der Waals surface area contributed by atoms with Gasteiger partial charge in [-0.2, -0.15) is 0 Å². The first kappa shape index (κ1) is 27.4. The van der Waals surface area contributed by atoms with Crippen LogP contribution in [0, 0.1) is 0 Å². The molecule has 0 saturated carbocycles. The molecule has 200 valence electrons. The number of hydrogen-bond acceptors (Lipinski definition) is 3. The number of carbonyl (C=O) groups excluding carboxylic acids is 1. The number of aromatic nitrogens is 2. The third-order valence-electron chi connectivity index (χ3n) is 6.94. The molecule has 5 heteroatoms. The van der Waals surface area contributed by atoms with Crippen molar-refractivity contribution in [2.75, 3.05) is 13.2 Å². The van der Waals surface area contributed by atoms with Gasteiger partial charge in [0.1, 0.15) is 11.6 Å². The Morgan fingerprint density at radius 2 is 1.63 bits per heavy atom. The van der Waals surface area contributed by atoms with Crippen molar-refractivity contribution in [1.82, 2.24) is 14.9 Å². The predicted molar refractivity (Wildman–Crippen MR) is 156 cm³/mol. The Kier molecular flexibility index (Phi) is 10.4. The molecule has 4 aromatic rings. The van der Waals surface area contributed by atoms with E-state index >= 15 is 0 Å². The zero-order valence-electron chi connectivity index (χ0n) is 22.9. The van der Waals surface area contributed by atoms with Crippen LogP contribution in [-0.2, 0) is 24.2 Å². The average molecular weight is 512 g/mol. The van der Waals surface area contributed by atoms with Crippen molar-refractivity contribution >= 4 is 16.9 Å². The van der Waals surface area contributed by atoms with Crippen LogP contribution in [0.2, 0.25) is 0 Å². The summed E-state index contributed by atoms with van der Waals surface area (Å²) in [6.45, 7) is 6.70. The fourth-order valence-electron chi connectivity index (χ4n) is 4.86. The van der Waals surface area contributed by atoms with E-state index in [1.54, 1.807) is 0 Å². The van der Waals surface area contributed by atoms with E-state index in [-0.39, 0.29) is 5.91 Å². The summed E-state index contributed by atoms with van der Waals surface area (Å²) in [7, 11) is 0. The molecule has 0 aliphatic heterocycles. The van der Waals surface area contributed by atoms with Crippen molar-refractivity contribution in [3.63, 3.8) is 0 Å². The molecule has 1 amide bonds. The summed E-state index contributed by atoms with van der Waals surface area (Å²) < 4.78 is 8.53. The molecule has 0 saturated heterocycles. The van der Waals surface area contributed by atoms with E-state index in [1.807, 2.05) is 24.3 Å². The molecule has 0 fully saturated rings. The van der Waals surface area contributed by atoms with Gasteiger partial charge in [-0.05, 0) is 60.9 Å². The first-order valence-electron chi connectivity index (χ1n) is 14.1. The Morgan fingerprint density at radius 3 is 2.47 bits per heavy atom. The molecule has 3 aromatic carbocycles. The number of hydrogen-bond donors (Lipinski definition) is 1. The highest BCUT2D eigenvalue weighted by atomic mass is 16.5. The second kappa shape index (κ2) is 14.4. The molecule has 4 rings (SSSR count). The summed E-state index contributed by atoms with van der Waals surface area (Å²) in [5, 5.41) is 3.07. The van der Waals surface area contributed by atoms with Gasteiger partial charge in [-0.15, -0.1) is 0 Å². The zero-order chi connectivity index (χ0) is 26.6. The molecule has 0 atom stereocenters. The molecule has 38 heavy (non-hydrogen) atoms. The van der Waals surface area contributed by atoms with E-state index in [0.717, 1.165) is 68.7 Å². The largest absolute Gasteiger partial charge is 0.493 e. The summed E-state index contributed by atoms with van der Waals surface area (Å²) in [5.41, 5.74) is 4.71. The van der Waals surface area contributed by atoms with Crippen molar-refractivity contribution < 1.29 is 9.53 Å². The third-order valence-corrected chi connectivity index (χ3v) is 6.94. The predicted octanol–water partition coefficient (Wildman–Crippen LogP) is 7.09. The lowest BCUT2D eigenvalue weighted by Gasteiger charge is -2.14. The van der Waals surface area contributed by atoms with Crippen LogP contribution < -0.4 is 10.1 Å². The molecule has 1 aromatic heterocycles. The van der Waals surface area contributed by atoms with E-state index in [2.05, 4.69) is 78.3 Å². The maximum Gasteiger partial charge on any atom is 0.220 e. The van der Waals surface area contributed by atoms with E-state index < -0.39 is 0 Å². The lowest BCUT2D eigenvalue weighted by Crippen LogP contribution is -2.24. The van der Waals surface area contributed by atoms with Gasteiger partial charge in [-0.1, -0.05) is 80.9 Å². The van der Waals surface area contributed by atoms with Crippen LogP contribution in [-0.4, -0.2) is 28.6 Å². The fraction of sp³-hybridized carbons (Fsp3) is 0.394. The first-order chi connectivity index (χ1) is 18.6. The Labute approximate surface area is 227 Å². The normalized spacial score (nSPS) is 11.2. The number of para-hydroxylation sites is 3. The second-order valence-corrected chi connectivity index (χ2v) is 10.2. The van der Waals surface area contributed by atoms with E-state index in [9.17, 15) is 4.79 Å². The number of amides is 1. The van der Waals surface area contributed by atoms with Gasteiger partial charge in [-0.3, -0.25) is 4.79 Å². The molecule has 1 N–H and O–H groups in total. The van der Waals surface area contributed by atoms with Gasteiger partial charge >= 0.3 is 0 Å². The van der Waals surface area contributed by atoms with Gasteiger partial charge < -0.3 is 14.6 Å². The number of ether oxygens (including phenoxy) is 1. The molecule has 0 radical (unpaired) electrons. The van der Waals surface area contributed by atoms with Gasteiger partial charge in [0.05, 0.1) is 17.6 Å². The number of benzene rings is 3. The van der Waals surface area contributed by atoms with Crippen LogP contribution in [0.3, 0.4) is 0 Å². The molecule has 0 aliphatic rings. The maximum atomic E-state index is 12.1. The smallest absolute Gasteiger partial charge is 0.220 e. The van der Waals surface area contributed by atoms with Crippen molar-refractivity contribution in [1.29, 1.82) is 0 Å². The van der Waals surface area contributed by atoms with Crippen molar-refractivity contribution in [3.8, 4) is 5.75 Å². The number of fused-ring (bicyclic) bond motifs is 1. The Balaban J connectivity index is 1.21. The number of nitrogens with one attached hydrogen (secondary N) is 1. The second-order valence-electron chi connectivity index (χ2n) is 10.2. The van der Waals surface area contributed by atoms with Crippen molar-refractivity contribution in [3.05, 3.63) is 95.8 Å². The Hall–Kier alpha value is -3.60. The van der Waals surface area contributed by atoms with Crippen LogP contribution >= 0.6 is 0 Å². The summed E-state index contributed by atoms with van der Waals surface area (Å²) in [6, 6.07) is 26.9. The number of rotatable bonds is 15. The van der Waals surface area contributed by atoms with Gasteiger partial charge in [-0.25, -0.2) is 4.98 Å². The number of aryl methyl sites for hydroxylation is 3. The molecule has 1 heterocycles. The number of carbonyl (C=O) groups is 1. The highest BCUT2D eigenvalue weighted by molar-refractivity contribution is 5.76. The zero-order valence-corrected chi connectivity index (χ0v) is 22.9. The van der Waals surface area contributed by atoms with E-state index in [0.29, 0.717) is 18.9 Å². The van der Waals surface area contributed by atoms with E-state index in [1.165, 1.54) is 16.6 Å². The third kappa shape index (κ3) is 7.95.